The smallest absolute Gasteiger partial charge is 0.262 e. The summed E-state index contributed by atoms with van der Waals surface area (Å²) in [6, 6.07) is 17.6. The van der Waals surface area contributed by atoms with Gasteiger partial charge in [-0.2, -0.15) is 0 Å². The summed E-state index contributed by atoms with van der Waals surface area (Å²) in [6.45, 7) is 7.40. The summed E-state index contributed by atoms with van der Waals surface area (Å²) in [5, 5.41) is 2.87. The molecule has 0 atom stereocenters. The van der Waals surface area contributed by atoms with Crippen LogP contribution in [0.5, 0.6) is 0 Å². The van der Waals surface area contributed by atoms with Crippen molar-refractivity contribution in [3.63, 3.8) is 0 Å². The summed E-state index contributed by atoms with van der Waals surface area (Å²) in [7, 11) is -3.84. The molecule has 3 aromatic carbocycles. The van der Waals surface area contributed by atoms with Gasteiger partial charge in [0.15, 0.2) is 0 Å². The lowest BCUT2D eigenvalue weighted by Gasteiger charge is -2.14. The third kappa shape index (κ3) is 4.66. The molecule has 0 aliphatic rings. The Labute approximate surface area is 174 Å². The fourth-order valence-electron chi connectivity index (χ4n) is 2.98. The van der Waals surface area contributed by atoms with E-state index in [9.17, 15) is 13.2 Å². The van der Waals surface area contributed by atoms with E-state index in [0.717, 1.165) is 16.7 Å². The van der Waals surface area contributed by atoms with Crippen LogP contribution in [0.15, 0.2) is 65.6 Å². The Morgan fingerprint density at radius 1 is 0.793 bits per heavy atom. The van der Waals surface area contributed by atoms with Crippen molar-refractivity contribution in [2.45, 2.75) is 32.6 Å². The molecular weight excluding hydrogens is 384 g/mol. The van der Waals surface area contributed by atoms with Gasteiger partial charge in [-0.05, 0) is 74.2 Å². The van der Waals surface area contributed by atoms with Gasteiger partial charge < -0.3 is 5.32 Å². The Hall–Kier alpha value is -3.12. The van der Waals surface area contributed by atoms with Crippen molar-refractivity contribution in [2.24, 2.45) is 0 Å². The summed E-state index contributed by atoms with van der Waals surface area (Å²) >= 11 is 0. The van der Waals surface area contributed by atoms with Crippen molar-refractivity contribution in [3.8, 4) is 0 Å². The van der Waals surface area contributed by atoms with Crippen LogP contribution in [0.1, 0.15) is 35.5 Å². The number of aryl methyl sites for hydroxylation is 4. The van der Waals surface area contributed by atoms with Crippen molar-refractivity contribution >= 4 is 27.3 Å². The highest BCUT2D eigenvalue weighted by Crippen LogP contribution is 2.24. The van der Waals surface area contributed by atoms with Crippen LogP contribution in [-0.2, 0) is 10.0 Å². The zero-order valence-electron chi connectivity index (χ0n) is 16.9. The number of hydrogen-bond donors (Lipinski definition) is 2. The van der Waals surface area contributed by atoms with Crippen molar-refractivity contribution in [1.82, 2.24) is 0 Å². The quantitative estimate of drug-likeness (QED) is 0.584. The highest BCUT2D eigenvalue weighted by atomic mass is 32.2. The van der Waals surface area contributed by atoms with Gasteiger partial charge in [-0.15, -0.1) is 0 Å². The van der Waals surface area contributed by atoms with Gasteiger partial charge in [0.05, 0.1) is 10.6 Å². The lowest BCUT2D eigenvalue weighted by atomic mass is 10.1. The Bertz CT molecular complexity index is 1200. The predicted molar refractivity (Wildman–Crippen MR) is 121 cm³/mol. The average Bonchev–Trinajstić information content (AvgIpc) is 2.66. The molecule has 0 saturated heterocycles. The topological polar surface area (TPSA) is 75.3 Å². The summed E-state index contributed by atoms with van der Waals surface area (Å²) in [5.41, 5.74) is 4.84. The summed E-state index contributed by atoms with van der Waals surface area (Å²) in [4.78, 5) is 12.8. The minimum Gasteiger partial charge on any atom is -0.322 e. The Morgan fingerprint density at radius 3 is 2.17 bits per heavy atom. The molecule has 0 aliphatic carbocycles. The maximum Gasteiger partial charge on any atom is 0.262 e. The van der Waals surface area contributed by atoms with Gasteiger partial charge in [-0.25, -0.2) is 8.42 Å². The van der Waals surface area contributed by atoms with Crippen molar-refractivity contribution < 1.29 is 16.1 Å². The van der Waals surface area contributed by atoms with Crippen LogP contribution < -0.4 is 10.0 Å². The number of anilines is 2. The molecule has 0 heterocycles. The number of rotatable bonds is 5. The van der Waals surface area contributed by atoms with Crippen LogP contribution >= 0.6 is 0 Å². The first kappa shape index (κ1) is 20.6. The third-order valence-electron chi connectivity index (χ3n) is 4.77. The molecule has 0 spiro atoms. The normalized spacial score (nSPS) is 11.2. The molecule has 0 radical (unpaired) electrons. The number of benzene rings is 3. The van der Waals surface area contributed by atoms with Crippen LogP contribution in [0.2, 0.25) is 0 Å². The molecule has 154 valence electrons. The van der Waals surface area contributed by atoms with E-state index in [2.05, 4.69) is 10.0 Å². The van der Waals surface area contributed by atoms with E-state index in [4.69, 9.17) is 0 Å². The largest absolute Gasteiger partial charge is 0.322 e. The molecule has 29 heavy (non-hydrogen) atoms. The van der Waals surface area contributed by atoms with Crippen molar-refractivity contribution in [1.29, 1.82) is 0 Å². The van der Waals surface area contributed by atoms with Crippen LogP contribution in [-0.4, -0.2) is 14.3 Å². The number of amides is 1. The van der Waals surface area contributed by atoms with Crippen molar-refractivity contribution in [3.05, 3.63) is 88.5 Å². The summed E-state index contributed by atoms with van der Waals surface area (Å²) in [5.74, 6) is -0.356. The first-order chi connectivity index (χ1) is 13.7. The molecule has 5 nitrogen and oxygen atoms in total. The third-order valence-corrected chi connectivity index (χ3v) is 6.28. The van der Waals surface area contributed by atoms with E-state index in [1.807, 2.05) is 51.1 Å². The van der Waals surface area contributed by atoms with E-state index in [1.165, 1.54) is 6.07 Å². The molecular formula is C23H28N2O3S. The number of nitrogens with one attached hydrogen (secondary N) is 2. The maximum atomic E-state index is 13.0. The van der Waals surface area contributed by atoms with Gasteiger partial charge in [0, 0.05) is 14.1 Å². The van der Waals surface area contributed by atoms with Gasteiger partial charge in [0.1, 0.15) is 0 Å². The molecule has 0 aliphatic heterocycles. The summed E-state index contributed by atoms with van der Waals surface area (Å²) < 4.78 is 28.5. The van der Waals surface area contributed by atoms with E-state index in [1.54, 1.807) is 31.2 Å². The maximum absolute atomic E-state index is 13.0. The van der Waals surface area contributed by atoms with Gasteiger partial charge >= 0.3 is 0 Å². The first-order valence-electron chi connectivity index (χ1n) is 9.25. The Balaban J connectivity index is 0.00000240. The van der Waals surface area contributed by atoms with Crippen LogP contribution in [0.3, 0.4) is 0 Å². The molecule has 0 saturated carbocycles. The fraction of sp³-hybridized carbons (Fsp3) is 0.174. The molecule has 0 unspecified atom stereocenters. The minimum absolute atomic E-state index is 0. The number of sulfonamides is 1. The average molecular weight is 413 g/mol. The van der Waals surface area contributed by atoms with E-state index >= 15 is 0 Å². The highest BCUT2D eigenvalue weighted by molar-refractivity contribution is 7.92. The lowest BCUT2D eigenvalue weighted by molar-refractivity contribution is 0.102. The number of hydrogen-bond acceptors (Lipinski definition) is 3. The molecule has 0 fully saturated rings. The highest BCUT2D eigenvalue weighted by Gasteiger charge is 2.20. The molecule has 6 heteroatoms. The molecule has 0 aromatic heterocycles. The van der Waals surface area contributed by atoms with E-state index in [0.29, 0.717) is 16.9 Å². The monoisotopic (exact) mass is 412 g/mol. The SMILES string of the molecule is Cc1ccc(C)c(NC(=O)c2ccc(C)c(S(=O)(=O)Nc3ccccc3C)c2)c1.[HH].[HH]. The minimum atomic E-state index is -3.84. The van der Waals surface area contributed by atoms with Crippen LogP contribution in [0, 0.1) is 27.7 Å². The van der Waals surface area contributed by atoms with E-state index in [-0.39, 0.29) is 19.2 Å². The Kier molecular flexibility index (Phi) is 5.75. The number of carbonyl (C=O) groups is 1. The molecule has 2 N–H and O–H groups in total. The zero-order valence-corrected chi connectivity index (χ0v) is 17.7. The zero-order chi connectivity index (χ0) is 21.2. The molecule has 3 rings (SSSR count). The summed E-state index contributed by atoms with van der Waals surface area (Å²) in [6.07, 6.45) is 0. The second-order valence-electron chi connectivity index (χ2n) is 7.17. The lowest BCUT2D eigenvalue weighted by Crippen LogP contribution is -2.18. The number of carbonyl (C=O) groups excluding carboxylic acids is 1. The van der Waals surface area contributed by atoms with Gasteiger partial charge in [0.2, 0.25) is 0 Å². The molecule has 0 bridgehead atoms. The van der Waals surface area contributed by atoms with E-state index < -0.39 is 10.0 Å². The first-order valence-corrected chi connectivity index (χ1v) is 10.7. The van der Waals surface area contributed by atoms with Gasteiger partial charge in [0.25, 0.3) is 15.9 Å². The van der Waals surface area contributed by atoms with Crippen molar-refractivity contribution in [2.75, 3.05) is 10.0 Å². The molecule has 3 aromatic rings. The second-order valence-corrected chi connectivity index (χ2v) is 8.82. The van der Waals surface area contributed by atoms with Gasteiger partial charge in [-0.3, -0.25) is 9.52 Å². The van der Waals surface area contributed by atoms with Gasteiger partial charge in [-0.1, -0.05) is 36.4 Å². The standard InChI is InChI=1S/C23H24N2O3S.2H2/c1-15-9-10-17(3)21(13-15)24-23(26)19-12-11-18(4)22(14-19)29(27,28)25-20-8-6-5-7-16(20)2;;/h5-14,25H,1-4H3,(H,24,26);2*1H. The number of para-hydroxylation sites is 1. The predicted octanol–water partition coefficient (Wildman–Crippen LogP) is 5.47. The Morgan fingerprint density at radius 2 is 1.45 bits per heavy atom. The fourth-order valence-corrected chi connectivity index (χ4v) is 4.39. The van der Waals surface area contributed by atoms with Crippen LogP contribution in [0.4, 0.5) is 11.4 Å². The second kappa shape index (κ2) is 8.09. The van der Waals surface area contributed by atoms with Crippen LogP contribution in [0.25, 0.3) is 0 Å². The molecule has 1 amide bonds.